The maximum atomic E-state index is 11.1. The molecule has 0 radical (unpaired) electrons. The van der Waals surface area contributed by atoms with E-state index in [2.05, 4.69) is 0 Å². The summed E-state index contributed by atoms with van der Waals surface area (Å²) in [5, 5.41) is 19.5. The minimum atomic E-state index is -1.16. The second kappa shape index (κ2) is 1.93. The third-order valence-corrected chi connectivity index (χ3v) is 1.32. The molecule has 4 nitrogen and oxygen atoms in total. The van der Waals surface area contributed by atoms with Crippen molar-refractivity contribution in [2.24, 2.45) is 0 Å². The Morgan fingerprint density at radius 1 is 1.80 bits per heavy atom. The quantitative estimate of drug-likeness (QED) is 0.425. The Morgan fingerprint density at radius 3 is 2.60 bits per heavy atom. The van der Waals surface area contributed by atoms with Crippen LogP contribution in [-0.2, 0) is 4.79 Å². The molecule has 0 bridgehead atoms. The van der Waals surface area contributed by atoms with E-state index in [-0.39, 0.29) is 5.70 Å². The van der Waals surface area contributed by atoms with E-state index < -0.39 is 10.6 Å². The molecule has 0 spiro atoms. The summed E-state index contributed by atoms with van der Waals surface area (Å²) >= 11 is 0. The zero-order chi connectivity index (χ0) is 7.78. The first-order valence-electron chi connectivity index (χ1n) is 2.74. The van der Waals surface area contributed by atoms with Gasteiger partial charge in [0.1, 0.15) is 6.20 Å². The largest absolute Gasteiger partial charge is 0.622 e. The molecule has 1 rings (SSSR count). The highest BCUT2D eigenvalue weighted by Crippen LogP contribution is 2.19. The van der Waals surface area contributed by atoms with Crippen molar-refractivity contribution < 1.29 is 14.5 Å². The molecular weight excluding hydrogens is 134 g/mol. The van der Waals surface area contributed by atoms with Gasteiger partial charge in [-0.15, -0.1) is 0 Å². The summed E-state index contributed by atoms with van der Waals surface area (Å²) in [6.07, 6.45) is 4.01. The Bertz CT molecular complexity index is 227. The lowest BCUT2D eigenvalue weighted by Gasteiger charge is -2.30. The van der Waals surface area contributed by atoms with E-state index in [9.17, 15) is 10.0 Å². The molecule has 10 heavy (non-hydrogen) atoms. The molecule has 1 aliphatic heterocycles. The minimum Gasteiger partial charge on any atom is -0.622 e. The fraction of sp³-hybridized carbons (Fsp3) is 0.167. The van der Waals surface area contributed by atoms with Crippen molar-refractivity contribution in [2.45, 2.75) is 0 Å². The first-order chi connectivity index (χ1) is 4.54. The van der Waals surface area contributed by atoms with Crippen LogP contribution in [0.1, 0.15) is 0 Å². The molecule has 0 aromatic rings. The molecular formula is C6H7NO3. The van der Waals surface area contributed by atoms with Gasteiger partial charge in [0.2, 0.25) is 5.70 Å². The highest BCUT2D eigenvalue weighted by Gasteiger charge is 2.25. The molecule has 1 unspecified atom stereocenters. The van der Waals surface area contributed by atoms with Crippen LogP contribution in [0.25, 0.3) is 0 Å². The van der Waals surface area contributed by atoms with E-state index in [0.29, 0.717) is 0 Å². The van der Waals surface area contributed by atoms with Crippen molar-refractivity contribution in [2.75, 3.05) is 7.05 Å². The van der Waals surface area contributed by atoms with Crippen LogP contribution in [0.4, 0.5) is 0 Å². The molecule has 0 saturated carbocycles. The Morgan fingerprint density at radius 2 is 2.40 bits per heavy atom. The van der Waals surface area contributed by atoms with Crippen molar-refractivity contribution in [3.05, 3.63) is 29.3 Å². The lowest BCUT2D eigenvalue weighted by Crippen LogP contribution is -2.31. The summed E-state index contributed by atoms with van der Waals surface area (Å²) < 4.78 is -0.921. The summed E-state index contributed by atoms with van der Waals surface area (Å²) in [4.78, 5) is 10.3. The lowest BCUT2D eigenvalue weighted by atomic mass is 10.4. The molecule has 0 aromatic carbocycles. The van der Waals surface area contributed by atoms with Gasteiger partial charge >= 0.3 is 5.97 Å². The predicted molar refractivity (Wildman–Crippen MR) is 34.4 cm³/mol. The lowest BCUT2D eigenvalue weighted by molar-refractivity contribution is -0.758. The van der Waals surface area contributed by atoms with Crippen molar-refractivity contribution in [1.82, 2.24) is 0 Å². The average molecular weight is 141 g/mol. The molecule has 0 aromatic heterocycles. The Labute approximate surface area is 57.9 Å². The van der Waals surface area contributed by atoms with E-state index in [4.69, 9.17) is 5.11 Å². The summed E-state index contributed by atoms with van der Waals surface area (Å²) in [6, 6.07) is 0. The third-order valence-electron chi connectivity index (χ3n) is 1.32. The van der Waals surface area contributed by atoms with Crippen molar-refractivity contribution >= 4 is 5.97 Å². The monoisotopic (exact) mass is 141 g/mol. The molecule has 0 saturated heterocycles. The van der Waals surface area contributed by atoms with E-state index in [1.54, 1.807) is 0 Å². The number of hydroxylamine groups is 3. The van der Waals surface area contributed by atoms with Crippen LogP contribution in [0.3, 0.4) is 0 Å². The van der Waals surface area contributed by atoms with Gasteiger partial charge in [0.05, 0.1) is 7.05 Å². The molecule has 1 heterocycles. The number of hydrogen-bond donors (Lipinski definition) is 1. The highest BCUT2D eigenvalue weighted by molar-refractivity contribution is 5.85. The van der Waals surface area contributed by atoms with Crippen LogP contribution in [0, 0.1) is 5.21 Å². The number of allylic oxidation sites excluding steroid dienone is 2. The number of carboxylic acids is 1. The topological polar surface area (TPSA) is 60.4 Å². The van der Waals surface area contributed by atoms with Crippen LogP contribution in [0.2, 0.25) is 0 Å². The van der Waals surface area contributed by atoms with Crippen LogP contribution < -0.4 is 0 Å². The Kier molecular flexibility index (Phi) is 1.35. The second-order valence-corrected chi connectivity index (χ2v) is 2.19. The fourth-order valence-electron chi connectivity index (χ4n) is 0.788. The van der Waals surface area contributed by atoms with Gasteiger partial charge in [-0.3, -0.25) is 4.65 Å². The SMILES string of the molecule is C[N+]1([O-])C=CC=C1C(=O)O. The van der Waals surface area contributed by atoms with Crippen LogP contribution >= 0.6 is 0 Å². The molecule has 1 aliphatic rings. The van der Waals surface area contributed by atoms with Gasteiger partial charge in [-0.2, -0.15) is 0 Å². The summed E-state index contributed by atoms with van der Waals surface area (Å²) in [5.74, 6) is -1.16. The standard InChI is InChI=1S/C6H7NO3/c1-7(10)4-2-3-5(7)6(8)9/h2-4H,1H3,(H,8,9). The van der Waals surface area contributed by atoms with Crippen molar-refractivity contribution in [1.29, 1.82) is 0 Å². The molecule has 4 heteroatoms. The van der Waals surface area contributed by atoms with E-state index in [1.165, 1.54) is 25.4 Å². The maximum Gasteiger partial charge on any atom is 0.391 e. The molecule has 1 atom stereocenters. The van der Waals surface area contributed by atoms with Gasteiger partial charge < -0.3 is 10.3 Å². The van der Waals surface area contributed by atoms with Gasteiger partial charge in [-0.25, -0.2) is 4.79 Å². The highest BCUT2D eigenvalue weighted by atomic mass is 16.5. The zero-order valence-corrected chi connectivity index (χ0v) is 5.44. The van der Waals surface area contributed by atoms with Gasteiger partial charge in [0.15, 0.2) is 0 Å². The number of rotatable bonds is 1. The normalized spacial score (nSPS) is 30.4. The van der Waals surface area contributed by atoms with Crippen LogP contribution in [0.5, 0.6) is 0 Å². The van der Waals surface area contributed by atoms with E-state index in [0.717, 1.165) is 0 Å². The summed E-state index contributed by atoms with van der Waals surface area (Å²) in [7, 11) is 1.27. The summed E-state index contributed by atoms with van der Waals surface area (Å²) in [6.45, 7) is 0. The third kappa shape index (κ3) is 0.940. The zero-order valence-electron chi connectivity index (χ0n) is 5.44. The number of carbonyl (C=O) groups is 1. The molecule has 54 valence electrons. The summed E-state index contributed by atoms with van der Waals surface area (Å²) in [5.41, 5.74) is -0.153. The second-order valence-electron chi connectivity index (χ2n) is 2.19. The van der Waals surface area contributed by atoms with E-state index >= 15 is 0 Å². The van der Waals surface area contributed by atoms with Crippen molar-refractivity contribution in [3.63, 3.8) is 0 Å². The number of hydrogen-bond acceptors (Lipinski definition) is 2. The Hall–Kier alpha value is -1.13. The number of likely N-dealkylation sites (N-methyl/N-ethyl adjacent to an activating group) is 1. The van der Waals surface area contributed by atoms with Crippen LogP contribution in [-0.4, -0.2) is 22.8 Å². The van der Waals surface area contributed by atoms with E-state index in [1.807, 2.05) is 0 Å². The van der Waals surface area contributed by atoms with Crippen LogP contribution in [0.15, 0.2) is 24.0 Å². The van der Waals surface area contributed by atoms with Gasteiger partial charge in [-0.05, 0) is 6.08 Å². The molecule has 0 aliphatic carbocycles. The average Bonchev–Trinajstić information content (AvgIpc) is 2.08. The van der Waals surface area contributed by atoms with Crippen molar-refractivity contribution in [3.8, 4) is 0 Å². The number of nitrogens with zero attached hydrogens (tertiary/aromatic N) is 1. The number of carboxylic acid groups (broad SMARTS) is 1. The molecule has 0 fully saturated rings. The smallest absolute Gasteiger partial charge is 0.391 e. The molecule has 0 amide bonds. The molecule has 1 N–H and O–H groups in total. The van der Waals surface area contributed by atoms with Gasteiger partial charge in [0.25, 0.3) is 0 Å². The first kappa shape index (κ1) is 6.98. The fourth-order valence-corrected chi connectivity index (χ4v) is 0.788. The van der Waals surface area contributed by atoms with Gasteiger partial charge in [0, 0.05) is 6.08 Å². The van der Waals surface area contributed by atoms with Gasteiger partial charge in [-0.1, -0.05) is 0 Å². The number of quaternary nitrogens is 1. The minimum absolute atomic E-state index is 0.153. The maximum absolute atomic E-state index is 11.1. The predicted octanol–water partition coefficient (Wildman–Crippen LogP) is 0.427. The Balaban J connectivity index is 2.93. The number of aliphatic carboxylic acids is 1. The first-order valence-corrected chi connectivity index (χ1v) is 2.74.